The Morgan fingerprint density at radius 2 is 1.03 bits per heavy atom. The van der Waals surface area contributed by atoms with Crippen molar-refractivity contribution in [3.8, 4) is 11.8 Å². The lowest BCUT2D eigenvalue weighted by Gasteiger charge is -2.34. The number of benzene rings is 4. The minimum Gasteiger partial charge on any atom is -0.288 e. The molecule has 0 bridgehead atoms. The van der Waals surface area contributed by atoms with Gasteiger partial charge in [0.05, 0.1) is 22.5 Å². The Balaban J connectivity index is 1.92. The van der Waals surface area contributed by atoms with Crippen LogP contribution in [0.5, 0.6) is 0 Å². The lowest BCUT2D eigenvalue weighted by atomic mass is 9.97. The minimum absolute atomic E-state index is 0.517. The van der Waals surface area contributed by atoms with Crippen LogP contribution in [0.2, 0.25) is 0 Å². The van der Waals surface area contributed by atoms with E-state index in [0.717, 1.165) is 27.1 Å². The van der Waals surface area contributed by atoms with Gasteiger partial charge in [0.25, 0.3) is 0 Å². The summed E-state index contributed by atoms with van der Waals surface area (Å²) in [6.07, 6.45) is 0. The van der Waals surface area contributed by atoms with Crippen LogP contribution in [0.15, 0.2) is 72.8 Å². The highest BCUT2D eigenvalue weighted by Gasteiger charge is 2.24. The van der Waals surface area contributed by atoms with E-state index >= 15 is 0 Å². The molecular formula is C30H32N2O2. The van der Waals surface area contributed by atoms with Crippen molar-refractivity contribution in [2.24, 2.45) is 0 Å². The highest BCUT2D eigenvalue weighted by molar-refractivity contribution is 6.04. The van der Waals surface area contributed by atoms with Gasteiger partial charge in [0, 0.05) is 11.1 Å². The summed E-state index contributed by atoms with van der Waals surface area (Å²) in [7, 11) is 0. The van der Waals surface area contributed by atoms with Gasteiger partial charge in [0.15, 0.2) is 0 Å². The maximum Gasteiger partial charge on any atom is 0.0674 e. The summed E-state index contributed by atoms with van der Waals surface area (Å²) in [4.78, 5) is 0. The molecule has 0 aliphatic carbocycles. The van der Waals surface area contributed by atoms with Crippen molar-refractivity contribution in [2.75, 3.05) is 10.1 Å². The Hall–Kier alpha value is -3.52. The summed E-state index contributed by atoms with van der Waals surface area (Å²) in [5.74, 6) is 6.72. The van der Waals surface area contributed by atoms with Crippen molar-refractivity contribution in [3.05, 3.63) is 83.9 Å². The smallest absolute Gasteiger partial charge is 0.0674 e. The number of hydrogen-bond donors (Lipinski definition) is 2. The largest absolute Gasteiger partial charge is 0.288 e. The average molecular weight is 453 g/mol. The monoisotopic (exact) mass is 452 g/mol. The quantitative estimate of drug-likeness (QED) is 0.189. The molecule has 34 heavy (non-hydrogen) atoms. The van der Waals surface area contributed by atoms with Crippen molar-refractivity contribution in [1.29, 1.82) is 0 Å². The molecule has 0 saturated carbocycles. The number of nitrogens with zero attached hydrogens (tertiary/aromatic N) is 2. The molecular weight excluding hydrogens is 420 g/mol. The van der Waals surface area contributed by atoms with E-state index in [0.29, 0.717) is 16.9 Å². The van der Waals surface area contributed by atoms with Crippen LogP contribution in [0.4, 0.5) is 11.4 Å². The van der Waals surface area contributed by atoms with E-state index in [1.54, 1.807) is 6.07 Å². The Labute approximate surface area is 202 Å². The number of fused-ring (bicyclic) bond motifs is 2. The van der Waals surface area contributed by atoms with Gasteiger partial charge in [-0.1, -0.05) is 60.4 Å². The standard InChI is InChI=1S/C30H32N2O2/c1-29(2,3)31(33)24-17-21(18-25(20-24)32(34)30(4,5)6)15-16-28-26-13-9-7-11-22(26)19-23-12-8-10-14-27(23)28/h7-14,17-20,33-34H,1-6H3. The molecule has 0 aliphatic rings. The molecule has 0 atom stereocenters. The normalized spacial score (nSPS) is 11.9. The first kappa shape index (κ1) is 23.6. The van der Waals surface area contributed by atoms with E-state index < -0.39 is 11.1 Å². The summed E-state index contributed by atoms with van der Waals surface area (Å²) >= 11 is 0. The third-order valence-corrected chi connectivity index (χ3v) is 5.77. The summed E-state index contributed by atoms with van der Waals surface area (Å²) in [6, 6.07) is 24.2. The molecule has 0 spiro atoms. The van der Waals surface area contributed by atoms with E-state index in [1.165, 1.54) is 10.1 Å². The van der Waals surface area contributed by atoms with Gasteiger partial charge in [0.1, 0.15) is 0 Å². The van der Waals surface area contributed by atoms with Gasteiger partial charge >= 0.3 is 0 Å². The predicted octanol–water partition coefficient (Wildman–Crippen LogP) is 7.38. The van der Waals surface area contributed by atoms with Crippen LogP contribution < -0.4 is 10.1 Å². The zero-order chi connectivity index (χ0) is 24.7. The number of hydrogen-bond acceptors (Lipinski definition) is 4. The van der Waals surface area contributed by atoms with Crippen LogP contribution in [-0.4, -0.2) is 21.5 Å². The molecule has 174 valence electrons. The topological polar surface area (TPSA) is 46.9 Å². The Bertz CT molecular complexity index is 1320. The molecule has 4 aromatic carbocycles. The van der Waals surface area contributed by atoms with Crippen molar-refractivity contribution < 1.29 is 10.4 Å². The second-order valence-corrected chi connectivity index (χ2v) is 10.6. The zero-order valence-corrected chi connectivity index (χ0v) is 20.7. The second kappa shape index (κ2) is 8.68. The number of anilines is 2. The van der Waals surface area contributed by atoms with Crippen LogP contribution in [0.1, 0.15) is 52.7 Å². The Kier molecular flexibility index (Phi) is 6.03. The third-order valence-electron chi connectivity index (χ3n) is 5.77. The van der Waals surface area contributed by atoms with Gasteiger partial charge in [-0.05, 0) is 87.4 Å². The third kappa shape index (κ3) is 4.72. The summed E-state index contributed by atoms with van der Waals surface area (Å²) in [5.41, 5.74) is 1.78. The molecule has 0 saturated heterocycles. The minimum atomic E-state index is -0.517. The van der Waals surface area contributed by atoms with Gasteiger partial charge in [-0.15, -0.1) is 0 Å². The first-order chi connectivity index (χ1) is 15.9. The fraction of sp³-hybridized carbons (Fsp3) is 0.267. The van der Waals surface area contributed by atoms with E-state index in [-0.39, 0.29) is 0 Å². The van der Waals surface area contributed by atoms with E-state index in [2.05, 4.69) is 42.2 Å². The SMILES string of the molecule is CC(C)(C)N(O)c1cc(C#Cc2c3ccccc3cc3ccccc23)cc(N(O)C(C)(C)C)c1. The summed E-state index contributed by atoms with van der Waals surface area (Å²) in [5, 5.41) is 28.6. The van der Waals surface area contributed by atoms with Crippen LogP contribution in [0.25, 0.3) is 21.5 Å². The Morgan fingerprint density at radius 1 is 0.588 bits per heavy atom. The fourth-order valence-electron chi connectivity index (χ4n) is 3.97. The number of rotatable bonds is 2. The van der Waals surface area contributed by atoms with Crippen LogP contribution in [0, 0.1) is 11.8 Å². The molecule has 0 aliphatic heterocycles. The lowest BCUT2D eigenvalue weighted by molar-refractivity contribution is 0.177. The fourth-order valence-corrected chi connectivity index (χ4v) is 3.97. The highest BCUT2D eigenvalue weighted by atomic mass is 16.5. The predicted molar refractivity (Wildman–Crippen MR) is 142 cm³/mol. The molecule has 4 heteroatoms. The van der Waals surface area contributed by atoms with Crippen LogP contribution in [0.3, 0.4) is 0 Å². The molecule has 2 N–H and O–H groups in total. The molecule has 0 radical (unpaired) electrons. The molecule has 0 aromatic heterocycles. The van der Waals surface area contributed by atoms with Crippen LogP contribution >= 0.6 is 0 Å². The highest BCUT2D eigenvalue weighted by Crippen LogP contribution is 2.31. The van der Waals surface area contributed by atoms with E-state index in [9.17, 15) is 10.4 Å². The molecule has 4 aromatic rings. The Morgan fingerprint density at radius 3 is 1.47 bits per heavy atom. The molecule has 0 heterocycles. The van der Waals surface area contributed by atoms with Gasteiger partial charge in [-0.25, -0.2) is 0 Å². The summed E-state index contributed by atoms with van der Waals surface area (Å²) < 4.78 is 0. The van der Waals surface area contributed by atoms with Gasteiger partial charge in [0.2, 0.25) is 0 Å². The maximum absolute atomic E-state index is 10.8. The van der Waals surface area contributed by atoms with E-state index in [4.69, 9.17) is 0 Å². The molecule has 4 nitrogen and oxygen atoms in total. The molecule has 0 unspecified atom stereocenters. The first-order valence-electron chi connectivity index (χ1n) is 11.5. The van der Waals surface area contributed by atoms with Crippen molar-refractivity contribution in [2.45, 2.75) is 52.6 Å². The van der Waals surface area contributed by atoms with Crippen molar-refractivity contribution in [3.63, 3.8) is 0 Å². The van der Waals surface area contributed by atoms with Gasteiger partial charge in [-0.3, -0.25) is 20.5 Å². The maximum atomic E-state index is 10.8. The van der Waals surface area contributed by atoms with Crippen molar-refractivity contribution in [1.82, 2.24) is 0 Å². The summed E-state index contributed by atoms with van der Waals surface area (Å²) in [6.45, 7) is 11.5. The van der Waals surface area contributed by atoms with Gasteiger partial charge in [-0.2, -0.15) is 0 Å². The zero-order valence-electron chi connectivity index (χ0n) is 20.7. The van der Waals surface area contributed by atoms with E-state index in [1.807, 2.05) is 77.9 Å². The molecule has 4 rings (SSSR count). The first-order valence-corrected chi connectivity index (χ1v) is 11.5. The lowest BCUT2D eigenvalue weighted by Crippen LogP contribution is -2.40. The van der Waals surface area contributed by atoms with Crippen molar-refractivity contribution >= 4 is 32.9 Å². The van der Waals surface area contributed by atoms with Gasteiger partial charge < -0.3 is 0 Å². The second-order valence-electron chi connectivity index (χ2n) is 10.6. The van der Waals surface area contributed by atoms with Crippen LogP contribution in [-0.2, 0) is 0 Å². The number of hydroxylamine groups is 2. The molecule has 0 amide bonds. The molecule has 0 fully saturated rings. The average Bonchev–Trinajstić information content (AvgIpc) is 2.79.